The molecule has 112 valence electrons. The molecule has 0 saturated carbocycles. The number of fused-ring (bicyclic) bond motifs is 1. The van der Waals surface area contributed by atoms with Crippen LogP contribution >= 0.6 is 0 Å². The maximum absolute atomic E-state index is 11.8. The van der Waals surface area contributed by atoms with Gasteiger partial charge < -0.3 is 15.2 Å². The Balaban J connectivity index is 2.20. The number of hydrogen-bond acceptors (Lipinski definition) is 5. The number of aryl methyl sites for hydroxylation is 1. The number of ether oxygens (including phenoxy) is 2. The largest absolute Gasteiger partial charge is 0.489 e. The summed E-state index contributed by atoms with van der Waals surface area (Å²) in [6.45, 7) is 5.57. The predicted molar refractivity (Wildman–Crippen MR) is 81.2 cm³/mol. The SMILES string of the molecule is CCOC(=O)C(C)(N)COc1cccc2ccc(C)nc12. The molecule has 1 atom stereocenters. The number of esters is 1. The van der Waals surface area contributed by atoms with Gasteiger partial charge in [0.2, 0.25) is 0 Å². The van der Waals surface area contributed by atoms with E-state index >= 15 is 0 Å². The molecule has 0 aliphatic rings. The molecule has 1 heterocycles. The lowest BCUT2D eigenvalue weighted by Crippen LogP contribution is -2.51. The lowest BCUT2D eigenvalue weighted by molar-refractivity contribution is -0.150. The fourth-order valence-electron chi connectivity index (χ4n) is 1.92. The number of para-hydroxylation sites is 1. The highest BCUT2D eigenvalue weighted by Crippen LogP contribution is 2.24. The van der Waals surface area contributed by atoms with Crippen LogP contribution in [0.1, 0.15) is 19.5 Å². The lowest BCUT2D eigenvalue weighted by Gasteiger charge is -2.22. The van der Waals surface area contributed by atoms with Crippen molar-refractivity contribution in [1.29, 1.82) is 0 Å². The van der Waals surface area contributed by atoms with Crippen LogP contribution < -0.4 is 10.5 Å². The van der Waals surface area contributed by atoms with Gasteiger partial charge in [-0.3, -0.25) is 0 Å². The molecule has 0 saturated heterocycles. The second-order valence-corrected chi connectivity index (χ2v) is 5.21. The first kappa shape index (κ1) is 15.3. The van der Waals surface area contributed by atoms with Gasteiger partial charge in [0.05, 0.1) is 6.61 Å². The van der Waals surface area contributed by atoms with E-state index in [4.69, 9.17) is 15.2 Å². The van der Waals surface area contributed by atoms with Crippen molar-refractivity contribution in [3.63, 3.8) is 0 Å². The Morgan fingerprint density at radius 2 is 2.10 bits per heavy atom. The normalized spacial score (nSPS) is 13.7. The van der Waals surface area contributed by atoms with Gasteiger partial charge in [-0.2, -0.15) is 0 Å². The van der Waals surface area contributed by atoms with Gasteiger partial charge in [-0.15, -0.1) is 0 Å². The summed E-state index contributed by atoms with van der Waals surface area (Å²) in [4.78, 5) is 16.2. The zero-order valence-corrected chi connectivity index (χ0v) is 12.6. The van der Waals surface area contributed by atoms with Crippen molar-refractivity contribution < 1.29 is 14.3 Å². The minimum absolute atomic E-state index is 0.0283. The second-order valence-electron chi connectivity index (χ2n) is 5.21. The zero-order chi connectivity index (χ0) is 15.5. The molecule has 0 spiro atoms. The summed E-state index contributed by atoms with van der Waals surface area (Å²) in [7, 11) is 0. The number of carbonyl (C=O) groups excluding carboxylic acids is 1. The summed E-state index contributed by atoms with van der Waals surface area (Å²) < 4.78 is 10.7. The second kappa shape index (κ2) is 6.10. The molecule has 2 N–H and O–H groups in total. The van der Waals surface area contributed by atoms with Crippen LogP contribution in [-0.2, 0) is 9.53 Å². The van der Waals surface area contributed by atoms with E-state index in [1.54, 1.807) is 13.8 Å². The molecule has 0 fully saturated rings. The van der Waals surface area contributed by atoms with Crippen molar-refractivity contribution in [3.05, 3.63) is 36.0 Å². The fraction of sp³-hybridized carbons (Fsp3) is 0.375. The van der Waals surface area contributed by atoms with Crippen LogP contribution in [0.5, 0.6) is 5.75 Å². The number of rotatable bonds is 5. The fourth-order valence-corrected chi connectivity index (χ4v) is 1.92. The Hall–Kier alpha value is -2.14. The van der Waals surface area contributed by atoms with Crippen LogP contribution in [0.15, 0.2) is 30.3 Å². The van der Waals surface area contributed by atoms with E-state index in [0.29, 0.717) is 12.4 Å². The van der Waals surface area contributed by atoms with Gasteiger partial charge in [0.15, 0.2) is 0 Å². The van der Waals surface area contributed by atoms with Gasteiger partial charge in [0.1, 0.15) is 23.4 Å². The quantitative estimate of drug-likeness (QED) is 0.854. The third-order valence-corrected chi connectivity index (χ3v) is 3.09. The highest BCUT2D eigenvalue weighted by atomic mass is 16.5. The van der Waals surface area contributed by atoms with Crippen molar-refractivity contribution in [2.24, 2.45) is 5.73 Å². The first-order valence-corrected chi connectivity index (χ1v) is 6.89. The first-order valence-electron chi connectivity index (χ1n) is 6.89. The molecule has 21 heavy (non-hydrogen) atoms. The Labute approximate surface area is 124 Å². The van der Waals surface area contributed by atoms with E-state index in [9.17, 15) is 4.79 Å². The summed E-state index contributed by atoms with van der Waals surface area (Å²) in [6.07, 6.45) is 0. The maximum atomic E-state index is 11.8. The molecule has 0 aliphatic carbocycles. The molecule has 1 aromatic heterocycles. The van der Waals surface area contributed by atoms with E-state index in [1.165, 1.54) is 0 Å². The summed E-state index contributed by atoms with van der Waals surface area (Å²) in [5.41, 5.74) is 6.42. The van der Waals surface area contributed by atoms with Gasteiger partial charge in [-0.1, -0.05) is 18.2 Å². The van der Waals surface area contributed by atoms with Gasteiger partial charge >= 0.3 is 5.97 Å². The Morgan fingerprint density at radius 3 is 2.81 bits per heavy atom. The Morgan fingerprint density at radius 1 is 1.33 bits per heavy atom. The van der Waals surface area contributed by atoms with Gasteiger partial charge in [-0.25, -0.2) is 9.78 Å². The van der Waals surface area contributed by atoms with Crippen LogP contribution in [0.3, 0.4) is 0 Å². The number of carbonyl (C=O) groups is 1. The molecule has 0 radical (unpaired) electrons. The molecule has 1 aromatic carbocycles. The minimum atomic E-state index is -1.19. The smallest absolute Gasteiger partial charge is 0.329 e. The number of nitrogens with zero attached hydrogens (tertiary/aromatic N) is 1. The van der Waals surface area contributed by atoms with Crippen LogP contribution in [-0.4, -0.2) is 29.7 Å². The number of benzene rings is 1. The average Bonchev–Trinajstić information content (AvgIpc) is 2.45. The summed E-state index contributed by atoms with van der Waals surface area (Å²) in [6, 6.07) is 9.58. The molecule has 5 heteroatoms. The van der Waals surface area contributed by atoms with Crippen LogP contribution in [0.25, 0.3) is 10.9 Å². The Bertz CT molecular complexity index is 653. The third-order valence-electron chi connectivity index (χ3n) is 3.09. The number of nitrogens with two attached hydrogens (primary N) is 1. The molecule has 2 rings (SSSR count). The van der Waals surface area contributed by atoms with E-state index in [1.807, 2.05) is 37.3 Å². The van der Waals surface area contributed by atoms with Gasteiger partial charge in [0.25, 0.3) is 0 Å². The van der Waals surface area contributed by atoms with Crippen molar-refractivity contribution in [2.45, 2.75) is 26.3 Å². The molecule has 0 bridgehead atoms. The summed E-state index contributed by atoms with van der Waals surface area (Å²) in [5.74, 6) is 0.131. The number of pyridine rings is 1. The highest BCUT2D eigenvalue weighted by molar-refractivity contribution is 5.85. The number of aromatic nitrogens is 1. The summed E-state index contributed by atoms with van der Waals surface area (Å²) >= 11 is 0. The molecule has 0 amide bonds. The van der Waals surface area contributed by atoms with Gasteiger partial charge in [-0.05, 0) is 32.9 Å². The van der Waals surface area contributed by atoms with E-state index < -0.39 is 11.5 Å². The minimum Gasteiger partial charge on any atom is -0.489 e. The van der Waals surface area contributed by atoms with E-state index in [-0.39, 0.29) is 6.61 Å². The zero-order valence-electron chi connectivity index (χ0n) is 12.6. The monoisotopic (exact) mass is 288 g/mol. The predicted octanol–water partition coefficient (Wildman–Crippen LogP) is 2.20. The summed E-state index contributed by atoms with van der Waals surface area (Å²) in [5, 5.41) is 0.980. The van der Waals surface area contributed by atoms with Crippen molar-refractivity contribution >= 4 is 16.9 Å². The molecular formula is C16H20N2O3. The van der Waals surface area contributed by atoms with Crippen LogP contribution in [0, 0.1) is 6.92 Å². The topological polar surface area (TPSA) is 74.4 Å². The molecule has 1 unspecified atom stereocenters. The lowest BCUT2D eigenvalue weighted by atomic mass is 10.1. The standard InChI is InChI=1S/C16H20N2O3/c1-4-20-15(19)16(3,17)10-21-13-7-5-6-12-9-8-11(2)18-14(12)13/h5-9H,4,10,17H2,1-3H3. The average molecular weight is 288 g/mol. The molecular weight excluding hydrogens is 268 g/mol. The van der Waals surface area contributed by atoms with Crippen molar-refractivity contribution in [3.8, 4) is 5.75 Å². The van der Waals surface area contributed by atoms with E-state index in [2.05, 4.69) is 4.98 Å². The van der Waals surface area contributed by atoms with E-state index in [0.717, 1.165) is 16.6 Å². The number of hydrogen-bond donors (Lipinski definition) is 1. The molecule has 5 nitrogen and oxygen atoms in total. The third kappa shape index (κ3) is 3.49. The maximum Gasteiger partial charge on any atom is 0.329 e. The van der Waals surface area contributed by atoms with Crippen LogP contribution in [0.4, 0.5) is 0 Å². The molecule has 0 aliphatic heterocycles. The molecule has 2 aromatic rings. The first-order chi connectivity index (χ1) is 9.94. The van der Waals surface area contributed by atoms with Crippen molar-refractivity contribution in [2.75, 3.05) is 13.2 Å². The van der Waals surface area contributed by atoms with Crippen LogP contribution in [0.2, 0.25) is 0 Å². The Kier molecular flexibility index (Phi) is 4.43. The van der Waals surface area contributed by atoms with Crippen molar-refractivity contribution in [1.82, 2.24) is 4.98 Å². The van der Waals surface area contributed by atoms with Gasteiger partial charge in [0, 0.05) is 11.1 Å². The highest BCUT2D eigenvalue weighted by Gasteiger charge is 2.31.